The Morgan fingerprint density at radius 3 is 2.47 bits per heavy atom. The van der Waals surface area contributed by atoms with E-state index in [4.69, 9.17) is 5.11 Å². The van der Waals surface area contributed by atoms with E-state index in [0.29, 0.717) is 5.69 Å². The van der Waals surface area contributed by atoms with Crippen molar-refractivity contribution in [1.29, 1.82) is 0 Å². The van der Waals surface area contributed by atoms with Crippen LogP contribution in [0.4, 0.5) is 0 Å². The highest BCUT2D eigenvalue weighted by molar-refractivity contribution is 5.82. The van der Waals surface area contributed by atoms with Crippen LogP contribution in [0.2, 0.25) is 0 Å². The van der Waals surface area contributed by atoms with Crippen molar-refractivity contribution in [3.63, 3.8) is 0 Å². The van der Waals surface area contributed by atoms with E-state index in [-0.39, 0.29) is 0 Å². The normalized spacial score (nSPS) is 10.1. The van der Waals surface area contributed by atoms with Crippen molar-refractivity contribution in [2.75, 3.05) is 0 Å². The minimum Gasteiger partial charge on any atom is -0.475 e. The van der Waals surface area contributed by atoms with E-state index in [9.17, 15) is 14.4 Å². The van der Waals surface area contributed by atoms with Crippen LogP contribution in [0.5, 0.6) is 0 Å². The van der Waals surface area contributed by atoms with Crippen molar-refractivity contribution in [3.05, 3.63) is 56.9 Å². The second kappa shape index (κ2) is 4.05. The molecule has 0 amide bonds. The van der Waals surface area contributed by atoms with E-state index in [1.807, 2.05) is 4.98 Å². The molecule has 0 saturated carbocycles. The first kappa shape index (κ1) is 10.8. The molecule has 0 bridgehead atoms. The Morgan fingerprint density at radius 2 is 1.88 bits per heavy atom. The molecular weight excluding hydrogens is 226 g/mol. The quantitative estimate of drug-likeness (QED) is 0.688. The summed E-state index contributed by atoms with van der Waals surface area (Å²) >= 11 is 0. The molecule has 0 aliphatic rings. The molecule has 7 nitrogen and oxygen atoms in total. The first-order chi connectivity index (χ1) is 8.09. The molecule has 0 spiro atoms. The third kappa shape index (κ3) is 1.98. The lowest BCUT2D eigenvalue weighted by molar-refractivity contribution is 0.0680. The monoisotopic (exact) mass is 233 g/mol. The van der Waals surface area contributed by atoms with Gasteiger partial charge in [-0.3, -0.25) is 14.6 Å². The minimum atomic E-state index is -1.41. The number of nitrogens with one attached hydrogen (secondary N) is 1. The lowest BCUT2D eigenvalue weighted by Gasteiger charge is -2.03. The van der Waals surface area contributed by atoms with Gasteiger partial charge in [0, 0.05) is 0 Å². The van der Waals surface area contributed by atoms with Gasteiger partial charge in [-0.25, -0.2) is 4.79 Å². The maximum absolute atomic E-state index is 11.5. The summed E-state index contributed by atoms with van der Waals surface area (Å²) in [7, 11) is 0. The van der Waals surface area contributed by atoms with Gasteiger partial charge in [-0.2, -0.15) is 4.68 Å². The molecule has 0 aliphatic carbocycles. The second-order valence-electron chi connectivity index (χ2n) is 3.16. The van der Waals surface area contributed by atoms with Crippen molar-refractivity contribution < 1.29 is 9.90 Å². The van der Waals surface area contributed by atoms with Crippen LogP contribution in [0.15, 0.2) is 39.9 Å². The molecule has 86 valence electrons. The van der Waals surface area contributed by atoms with Crippen LogP contribution in [0.1, 0.15) is 10.6 Å². The number of nitrogens with zero attached hydrogens (tertiary/aromatic N) is 2. The Bertz CT molecular complexity index is 672. The van der Waals surface area contributed by atoms with Gasteiger partial charge in [0.05, 0.1) is 5.69 Å². The molecule has 0 atom stereocenters. The molecule has 1 heterocycles. The van der Waals surface area contributed by atoms with Crippen LogP contribution in [0.3, 0.4) is 0 Å². The van der Waals surface area contributed by atoms with E-state index < -0.39 is 22.9 Å². The van der Waals surface area contributed by atoms with E-state index >= 15 is 0 Å². The Morgan fingerprint density at radius 1 is 1.24 bits per heavy atom. The third-order valence-corrected chi connectivity index (χ3v) is 2.02. The lowest BCUT2D eigenvalue weighted by Crippen LogP contribution is -2.39. The van der Waals surface area contributed by atoms with Crippen LogP contribution in [0.25, 0.3) is 5.69 Å². The molecule has 17 heavy (non-hydrogen) atoms. The number of aromatic carboxylic acids is 1. The summed E-state index contributed by atoms with van der Waals surface area (Å²) in [6.45, 7) is 0. The van der Waals surface area contributed by atoms with Crippen LogP contribution in [0, 0.1) is 0 Å². The fourth-order valence-electron chi connectivity index (χ4n) is 1.27. The van der Waals surface area contributed by atoms with E-state index in [1.54, 1.807) is 30.3 Å². The number of aromatic amines is 1. The molecule has 0 unspecified atom stereocenters. The number of rotatable bonds is 2. The van der Waals surface area contributed by atoms with E-state index in [2.05, 4.69) is 5.10 Å². The fourth-order valence-corrected chi connectivity index (χ4v) is 1.27. The van der Waals surface area contributed by atoms with Crippen molar-refractivity contribution >= 4 is 5.97 Å². The minimum absolute atomic E-state index is 0.325. The summed E-state index contributed by atoms with van der Waals surface area (Å²) in [4.78, 5) is 35.3. The first-order valence-corrected chi connectivity index (χ1v) is 4.62. The predicted molar refractivity (Wildman–Crippen MR) is 57.4 cm³/mol. The van der Waals surface area contributed by atoms with Crippen LogP contribution < -0.4 is 11.1 Å². The standard InChI is InChI=1S/C10H7N3O4/c14-8-9(15)13(6-4-2-1-3-5-6)12-7(11-8)10(16)17/h1-5H,(H,16,17)(H,11,12,14). The molecule has 7 heteroatoms. The largest absolute Gasteiger partial charge is 0.475 e. The molecule has 2 N–H and O–H groups in total. The van der Waals surface area contributed by atoms with Crippen molar-refractivity contribution in [1.82, 2.24) is 14.8 Å². The summed E-state index contributed by atoms with van der Waals surface area (Å²) in [6.07, 6.45) is 0. The number of carbonyl (C=O) groups is 1. The van der Waals surface area contributed by atoms with E-state index in [1.165, 1.54) is 0 Å². The predicted octanol–water partition coefficient (Wildman–Crippen LogP) is -0.381. The molecule has 1 aromatic heterocycles. The second-order valence-corrected chi connectivity index (χ2v) is 3.16. The smallest absolute Gasteiger partial charge is 0.373 e. The summed E-state index contributed by atoms with van der Waals surface area (Å²) < 4.78 is 0.752. The Hall–Kier alpha value is -2.70. The van der Waals surface area contributed by atoms with Crippen LogP contribution >= 0.6 is 0 Å². The fraction of sp³-hybridized carbons (Fsp3) is 0. The van der Waals surface area contributed by atoms with Crippen LogP contribution in [-0.2, 0) is 0 Å². The van der Waals surface area contributed by atoms with E-state index in [0.717, 1.165) is 4.68 Å². The molecular formula is C10H7N3O4. The molecule has 0 fully saturated rings. The number of aromatic nitrogens is 3. The third-order valence-electron chi connectivity index (χ3n) is 2.02. The number of para-hydroxylation sites is 1. The van der Waals surface area contributed by atoms with Crippen LogP contribution in [-0.4, -0.2) is 25.8 Å². The average Bonchev–Trinajstić information content (AvgIpc) is 2.33. The maximum atomic E-state index is 11.5. The Labute approximate surface area is 94.0 Å². The zero-order valence-corrected chi connectivity index (χ0v) is 8.45. The summed E-state index contributed by atoms with van der Waals surface area (Å²) in [5.74, 6) is -2.00. The first-order valence-electron chi connectivity index (χ1n) is 4.62. The molecule has 2 aromatic rings. The zero-order valence-electron chi connectivity index (χ0n) is 8.45. The lowest BCUT2D eigenvalue weighted by atomic mass is 10.3. The molecule has 0 aliphatic heterocycles. The van der Waals surface area contributed by atoms with Crippen molar-refractivity contribution in [2.24, 2.45) is 0 Å². The highest BCUT2D eigenvalue weighted by atomic mass is 16.4. The highest BCUT2D eigenvalue weighted by Crippen LogP contribution is 2.00. The van der Waals surface area contributed by atoms with Gasteiger partial charge in [-0.15, -0.1) is 5.10 Å². The van der Waals surface area contributed by atoms with Gasteiger partial charge in [-0.05, 0) is 12.1 Å². The number of benzene rings is 1. The van der Waals surface area contributed by atoms with Gasteiger partial charge < -0.3 is 5.11 Å². The van der Waals surface area contributed by atoms with Gasteiger partial charge in [0.2, 0.25) is 5.82 Å². The summed E-state index contributed by atoms with van der Waals surface area (Å²) in [5, 5.41) is 12.3. The number of hydrogen-bond acceptors (Lipinski definition) is 4. The SMILES string of the molecule is O=C(O)c1nn(-c2ccccc2)c(=O)c(=O)[nH]1. The summed E-state index contributed by atoms with van der Waals surface area (Å²) in [6, 6.07) is 8.09. The Kier molecular flexibility index (Phi) is 2.57. The summed E-state index contributed by atoms with van der Waals surface area (Å²) in [5.41, 5.74) is -1.63. The van der Waals surface area contributed by atoms with Gasteiger partial charge in [0.25, 0.3) is 0 Å². The molecule has 0 saturated heterocycles. The van der Waals surface area contributed by atoms with Crippen molar-refractivity contribution in [3.8, 4) is 5.69 Å². The van der Waals surface area contributed by atoms with Gasteiger partial charge in [0.1, 0.15) is 0 Å². The highest BCUT2D eigenvalue weighted by Gasteiger charge is 2.12. The number of carboxylic acid groups (broad SMARTS) is 1. The number of carboxylic acids is 1. The van der Waals surface area contributed by atoms with Gasteiger partial charge in [0.15, 0.2) is 0 Å². The van der Waals surface area contributed by atoms with Gasteiger partial charge in [-0.1, -0.05) is 18.2 Å². The molecule has 1 aromatic carbocycles. The van der Waals surface area contributed by atoms with Gasteiger partial charge >= 0.3 is 17.1 Å². The zero-order chi connectivity index (χ0) is 12.4. The van der Waals surface area contributed by atoms with Crippen molar-refractivity contribution in [2.45, 2.75) is 0 Å². The average molecular weight is 233 g/mol. The molecule has 0 radical (unpaired) electrons. The Balaban J connectivity index is 2.74. The number of H-pyrrole nitrogens is 1. The topological polar surface area (TPSA) is 105 Å². The number of hydrogen-bond donors (Lipinski definition) is 2. The maximum Gasteiger partial charge on any atom is 0.373 e. The molecule has 2 rings (SSSR count).